The first kappa shape index (κ1) is 14.9. The molecule has 16 heavy (non-hydrogen) atoms. The number of ether oxygens (including phenoxy) is 1. The van der Waals surface area contributed by atoms with Crippen LogP contribution in [-0.4, -0.2) is 31.1 Å². The van der Waals surface area contributed by atoms with Crippen LogP contribution in [-0.2, 0) is 14.3 Å². The third-order valence-corrected chi connectivity index (χ3v) is 2.56. The van der Waals surface area contributed by atoms with E-state index >= 15 is 0 Å². The average Bonchev–Trinajstić information content (AvgIpc) is 2.24. The second-order valence-electron chi connectivity index (χ2n) is 4.20. The van der Waals surface area contributed by atoms with Crippen molar-refractivity contribution in [3.63, 3.8) is 0 Å². The van der Waals surface area contributed by atoms with Crippen LogP contribution < -0.4 is 11.1 Å². The van der Waals surface area contributed by atoms with Crippen LogP contribution in [0.15, 0.2) is 0 Å². The molecular formula is C11H22N2O3. The zero-order chi connectivity index (χ0) is 12.7. The summed E-state index contributed by atoms with van der Waals surface area (Å²) in [6.45, 7) is 8.58. The smallest absolute Gasteiger partial charge is 0.332 e. The summed E-state index contributed by atoms with van der Waals surface area (Å²) >= 11 is 0. The maximum atomic E-state index is 11.4. The Morgan fingerprint density at radius 1 is 1.31 bits per heavy atom. The molecule has 0 rings (SSSR count). The van der Waals surface area contributed by atoms with Crippen LogP contribution in [0.4, 0.5) is 0 Å². The fourth-order valence-electron chi connectivity index (χ4n) is 0.946. The predicted molar refractivity (Wildman–Crippen MR) is 61.6 cm³/mol. The van der Waals surface area contributed by atoms with E-state index < -0.39 is 17.9 Å². The zero-order valence-electron chi connectivity index (χ0n) is 10.4. The number of carbonyl (C=O) groups is 2. The lowest BCUT2D eigenvalue weighted by Crippen LogP contribution is -2.48. The molecule has 0 bridgehead atoms. The molecule has 0 aromatic heterocycles. The highest BCUT2D eigenvalue weighted by molar-refractivity contribution is 6.01. The first-order valence-corrected chi connectivity index (χ1v) is 5.60. The molecule has 0 spiro atoms. The van der Waals surface area contributed by atoms with Gasteiger partial charge in [-0.25, -0.2) is 4.79 Å². The lowest BCUT2D eigenvalue weighted by Gasteiger charge is -2.17. The van der Waals surface area contributed by atoms with E-state index in [1.807, 2.05) is 6.92 Å². The Morgan fingerprint density at radius 3 is 2.31 bits per heavy atom. The number of hydrogen-bond acceptors (Lipinski definition) is 4. The third kappa shape index (κ3) is 5.11. The van der Waals surface area contributed by atoms with Crippen LogP contribution in [0.2, 0.25) is 0 Å². The van der Waals surface area contributed by atoms with Crippen molar-refractivity contribution in [3.05, 3.63) is 0 Å². The van der Waals surface area contributed by atoms with Gasteiger partial charge in [0.2, 0.25) is 5.91 Å². The SMILES string of the molecule is CCOC(=O)C(N)C(=O)NCC(C)C(C)C. The van der Waals surface area contributed by atoms with Crippen molar-refractivity contribution in [2.75, 3.05) is 13.2 Å². The number of carbonyl (C=O) groups excluding carboxylic acids is 2. The van der Waals surface area contributed by atoms with Crippen molar-refractivity contribution in [3.8, 4) is 0 Å². The highest BCUT2D eigenvalue weighted by Gasteiger charge is 2.23. The molecule has 3 N–H and O–H groups in total. The fraction of sp³-hybridized carbons (Fsp3) is 0.818. The normalized spacial score (nSPS) is 14.4. The highest BCUT2D eigenvalue weighted by Crippen LogP contribution is 2.07. The van der Waals surface area contributed by atoms with Crippen LogP contribution in [0.3, 0.4) is 0 Å². The van der Waals surface area contributed by atoms with Gasteiger partial charge in [0.15, 0.2) is 6.04 Å². The van der Waals surface area contributed by atoms with Gasteiger partial charge in [-0.3, -0.25) is 4.79 Å². The van der Waals surface area contributed by atoms with E-state index in [1.54, 1.807) is 6.92 Å². The molecule has 0 heterocycles. The summed E-state index contributed by atoms with van der Waals surface area (Å²) in [5, 5.41) is 2.64. The van der Waals surface area contributed by atoms with Gasteiger partial charge in [-0.2, -0.15) is 0 Å². The van der Waals surface area contributed by atoms with Crippen molar-refractivity contribution < 1.29 is 14.3 Å². The average molecular weight is 230 g/mol. The van der Waals surface area contributed by atoms with Crippen molar-refractivity contribution >= 4 is 11.9 Å². The van der Waals surface area contributed by atoms with Gasteiger partial charge in [0.25, 0.3) is 0 Å². The van der Waals surface area contributed by atoms with Crippen LogP contribution in [0.5, 0.6) is 0 Å². The van der Waals surface area contributed by atoms with E-state index in [9.17, 15) is 9.59 Å². The van der Waals surface area contributed by atoms with Crippen LogP contribution >= 0.6 is 0 Å². The second-order valence-corrected chi connectivity index (χ2v) is 4.20. The molecule has 1 amide bonds. The minimum absolute atomic E-state index is 0.224. The topological polar surface area (TPSA) is 81.4 Å². The summed E-state index contributed by atoms with van der Waals surface area (Å²) < 4.78 is 4.65. The molecule has 0 aromatic rings. The van der Waals surface area contributed by atoms with Gasteiger partial charge in [0.05, 0.1) is 6.61 Å². The maximum absolute atomic E-state index is 11.4. The lowest BCUT2D eigenvalue weighted by atomic mass is 9.98. The quantitative estimate of drug-likeness (QED) is 0.507. The van der Waals surface area contributed by atoms with Gasteiger partial charge < -0.3 is 15.8 Å². The molecule has 2 atom stereocenters. The number of nitrogens with one attached hydrogen (secondary N) is 1. The van der Waals surface area contributed by atoms with Gasteiger partial charge in [-0.1, -0.05) is 20.8 Å². The summed E-state index contributed by atoms with van der Waals surface area (Å²) in [6.07, 6.45) is 0. The minimum Gasteiger partial charge on any atom is -0.464 e. The van der Waals surface area contributed by atoms with Gasteiger partial charge in [0.1, 0.15) is 0 Å². The largest absolute Gasteiger partial charge is 0.464 e. The minimum atomic E-state index is -1.22. The van der Waals surface area contributed by atoms with Gasteiger partial charge in [-0.15, -0.1) is 0 Å². The fourth-order valence-corrected chi connectivity index (χ4v) is 0.946. The Balaban J connectivity index is 4.01. The first-order chi connectivity index (χ1) is 7.40. The number of rotatable bonds is 6. The monoisotopic (exact) mass is 230 g/mol. The Labute approximate surface area is 96.7 Å². The van der Waals surface area contributed by atoms with E-state index in [2.05, 4.69) is 23.9 Å². The third-order valence-electron chi connectivity index (χ3n) is 2.56. The van der Waals surface area contributed by atoms with Crippen molar-refractivity contribution in [2.45, 2.75) is 33.7 Å². The van der Waals surface area contributed by atoms with E-state index in [1.165, 1.54) is 0 Å². The molecule has 0 aliphatic rings. The highest BCUT2D eigenvalue weighted by atomic mass is 16.5. The maximum Gasteiger partial charge on any atom is 0.332 e. The van der Waals surface area contributed by atoms with Crippen LogP contribution in [0.1, 0.15) is 27.7 Å². The Hall–Kier alpha value is -1.10. The summed E-state index contributed by atoms with van der Waals surface area (Å²) in [5.74, 6) is -0.347. The summed E-state index contributed by atoms with van der Waals surface area (Å²) in [6, 6.07) is -1.22. The predicted octanol–water partition coefficient (Wildman–Crippen LogP) is 0.285. The molecule has 0 saturated carbocycles. The van der Waals surface area contributed by atoms with Crippen LogP contribution in [0.25, 0.3) is 0 Å². The van der Waals surface area contributed by atoms with E-state index in [4.69, 9.17) is 5.73 Å². The number of esters is 1. The number of hydrogen-bond donors (Lipinski definition) is 2. The Kier molecular flexibility index (Phi) is 6.72. The number of amides is 1. The summed E-state index contributed by atoms with van der Waals surface area (Å²) in [4.78, 5) is 22.6. The molecule has 0 fully saturated rings. The van der Waals surface area contributed by atoms with Crippen LogP contribution in [0, 0.1) is 11.8 Å². The first-order valence-electron chi connectivity index (χ1n) is 5.60. The molecular weight excluding hydrogens is 208 g/mol. The molecule has 2 unspecified atom stereocenters. The molecule has 0 aliphatic heterocycles. The van der Waals surface area contributed by atoms with E-state index in [-0.39, 0.29) is 6.61 Å². The van der Waals surface area contributed by atoms with Gasteiger partial charge in [-0.05, 0) is 18.8 Å². The molecule has 0 saturated heterocycles. The zero-order valence-corrected chi connectivity index (χ0v) is 10.4. The standard InChI is InChI=1S/C11H22N2O3/c1-5-16-11(15)9(12)10(14)13-6-8(4)7(2)3/h7-9H,5-6,12H2,1-4H3,(H,13,14). The second kappa shape index (κ2) is 7.22. The Morgan fingerprint density at radius 2 is 1.88 bits per heavy atom. The van der Waals surface area contributed by atoms with E-state index in [0.717, 1.165) is 0 Å². The van der Waals surface area contributed by atoms with Crippen molar-refractivity contribution in [1.29, 1.82) is 0 Å². The molecule has 0 aliphatic carbocycles. The van der Waals surface area contributed by atoms with E-state index in [0.29, 0.717) is 18.4 Å². The number of nitrogens with two attached hydrogens (primary N) is 1. The summed E-state index contributed by atoms with van der Waals surface area (Å²) in [5.41, 5.74) is 5.42. The van der Waals surface area contributed by atoms with Gasteiger partial charge >= 0.3 is 5.97 Å². The van der Waals surface area contributed by atoms with Gasteiger partial charge in [0, 0.05) is 6.54 Å². The summed E-state index contributed by atoms with van der Waals surface area (Å²) in [7, 11) is 0. The lowest BCUT2D eigenvalue weighted by molar-refractivity contribution is -0.148. The van der Waals surface area contributed by atoms with Crippen molar-refractivity contribution in [1.82, 2.24) is 5.32 Å². The van der Waals surface area contributed by atoms with Crippen molar-refractivity contribution in [2.24, 2.45) is 17.6 Å². The molecule has 5 nitrogen and oxygen atoms in total. The Bertz CT molecular complexity index is 241. The molecule has 94 valence electrons. The molecule has 0 aromatic carbocycles. The molecule has 0 radical (unpaired) electrons. The molecule has 5 heteroatoms.